The van der Waals surface area contributed by atoms with E-state index in [2.05, 4.69) is 152 Å². The lowest BCUT2D eigenvalue weighted by molar-refractivity contribution is -0.128. The highest BCUT2D eigenvalue weighted by atomic mass is 16.5. The molecule has 0 saturated carbocycles. The normalized spacial score (nSPS) is 10.6. The number of ether oxygens (including phenoxy) is 1. The van der Waals surface area contributed by atoms with Crippen LogP contribution in [-0.4, -0.2) is 5.97 Å². The third-order valence-corrected chi connectivity index (χ3v) is 7.60. The van der Waals surface area contributed by atoms with Crippen molar-refractivity contribution >= 4 is 40.1 Å². The molecule has 45 heavy (non-hydrogen) atoms. The van der Waals surface area contributed by atoms with Crippen LogP contribution in [0.1, 0.15) is 11.1 Å². The van der Waals surface area contributed by atoms with Crippen molar-refractivity contribution in [3.05, 3.63) is 175 Å². The van der Waals surface area contributed by atoms with Crippen LogP contribution in [0.5, 0.6) is 5.75 Å². The first-order valence-corrected chi connectivity index (χ1v) is 14.9. The topological polar surface area (TPSA) is 32.8 Å². The van der Waals surface area contributed by atoms with E-state index in [1.165, 1.54) is 11.1 Å². The van der Waals surface area contributed by atoms with Crippen LogP contribution in [0.15, 0.2) is 164 Å². The Bertz CT molecular complexity index is 1910. The maximum absolute atomic E-state index is 11.7. The highest BCUT2D eigenvalue weighted by Crippen LogP contribution is 2.38. The second-order valence-corrected chi connectivity index (χ2v) is 10.9. The molecule has 0 aliphatic rings. The number of para-hydroxylation sites is 1. The van der Waals surface area contributed by atoms with Gasteiger partial charge in [0.15, 0.2) is 0 Å². The molecule has 0 heterocycles. The summed E-state index contributed by atoms with van der Waals surface area (Å²) in [7, 11) is 0. The van der Waals surface area contributed by atoms with Crippen molar-refractivity contribution in [1.29, 1.82) is 0 Å². The predicted octanol–water partition coefficient (Wildman–Crippen LogP) is 11.0. The number of esters is 1. The lowest BCUT2D eigenvalue weighted by atomic mass is 10.0. The molecular formula is C41H34N2O2. The van der Waals surface area contributed by atoms with Gasteiger partial charge >= 0.3 is 5.97 Å². The highest BCUT2D eigenvalue weighted by Gasteiger charge is 2.15. The summed E-state index contributed by atoms with van der Waals surface area (Å²) in [5, 5.41) is 0. The van der Waals surface area contributed by atoms with Crippen molar-refractivity contribution in [3.8, 4) is 16.9 Å². The van der Waals surface area contributed by atoms with E-state index in [9.17, 15) is 4.79 Å². The zero-order chi connectivity index (χ0) is 31.2. The van der Waals surface area contributed by atoms with Crippen LogP contribution >= 0.6 is 0 Å². The molecule has 0 N–H and O–H groups in total. The van der Waals surface area contributed by atoms with E-state index < -0.39 is 5.97 Å². The summed E-state index contributed by atoms with van der Waals surface area (Å²) >= 11 is 0. The van der Waals surface area contributed by atoms with Gasteiger partial charge < -0.3 is 14.5 Å². The average Bonchev–Trinajstić information content (AvgIpc) is 3.07. The number of hydrogen-bond donors (Lipinski definition) is 0. The molecule has 4 heteroatoms. The van der Waals surface area contributed by atoms with E-state index in [-0.39, 0.29) is 0 Å². The lowest BCUT2D eigenvalue weighted by Gasteiger charge is -2.26. The van der Waals surface area contributed by atoms with Crippen LogP contribution in [0, 0.1) is 13.8 Å². The van der Waals surface area contributed by atoms with Gasteiger partial charge in [-0.15, -0.1) is 0 Å². The summed E-state index contributed by atoms with van der Waals surface area (Å²) < 4.78 is 5.29. The molecular weight excluding hydrogens is 552 g/mol. The number of anilines is 6. The largest absolute Gasteiger partial charge is 0.423 e. The van der Waals surface area contributed by atoms with Gasteiger partial charge in [-0.1, -0.05) is 73.3 Å². The minimum atomic E-state index is -0.482. The molecule has 6 aromatic carbocycles. The fraction of sp³-hybridized carbons (Fsp3) is 0.0488. The number of carbonyl (C=O) groups excluding carboxylic acids is 1. The molecule has 0 amide bonds. The van der Waals surface area contributed by atoms with Crippen LogP contribution in [0.25, 0.3) is 11.1 Å². The lowest BCUT2D eigenvalue weighted by Crippen LogP contribution is -2.10. The zero-order valence-corrected chi connectivity index (χ0v) is 25.4. The van der Waals surface area contributed by atoms with Gasteiger partial charge in [-0.05, 0) is 121 Å². The Morgan fingerprint density at radius 1 is 0.511 bits per heavy atom. The molecule has 0 bridgehead atoms. The molecule has 6 rings (SSSR count). The first kappa shape index (κ1) is 29.2. The molecule has 0 unspecified atom stereocenters. The third kappa shape index (κ3) is 6.71. The van der Waals surface area contributed by atoms with E-state index in [1.54, 1.807) is 12.1 Å². The molecule has 0 saturated heterocycles. The van der Waals surface area contributed by atoms with Gasteiger partial charge in [-0.25, -0.2) is 4.79 Å². The number of rotatable bonds is 9. The Kier molecular flexibility index (Phi) is 8.56. The quantitative estimate of drug-likeness (QED) is 0.0958. The van der Waals surface area contributed by atoms with Crippen molar-refractivity contribution in [2.75, 3.05) is 9.80 Å². The Balaban J connectivity index is 1.30. The number of benzene rings is 6. The number of nitrogens with zero attached hydrogens (tertiary/aromatic N) is 2. The standard InChI is InChI=1S/C41H34N2O2/c1-4-41(44)45-40-26-24-37(25-27-40)43(39-15-9-11-31(3)29-39)36-22-18-33(19-23-36)32-16-20-35(21-17-32)42(34-12-6-5-7-13-34)38-14-8-10-30(2)28-38/h4-29H,1H2,2-3H3. The summed E-state index contributed by atoms with van der Waals surface area (Å²) in [6, 6.07) is 52.2. The van der Waals surface area contributed by atoms with Gasteiger partial charge in [0, 0.05) is 40.2 Å². The van der Waals surface area contributed by atoms with Crippen molar-refractivity contribution in [2.24, 2.45) is 0 Å². The fourth-order valence-electron chi connectivity index (χ4n) is 5.43. The maximum atomic E-state index is 11.7. The van der Waals surface area contributed by atoms with Crippen LogP contribution in [0.4, 0.5) is 34.1 Å². The SMILES string of the molecule is C=CC(=O)Oc1ccc(N(c2ccc(-c3ccc(N(c4ccccc4)c4cccc(C)c4)cc3)cc2)c2cccc(C)c2)cc1. The molecule has 0 atom stereocenters. The minimum absolute atomic E-state index is 0.472. The van der Waals surface area contributed by atoms with Gasteiger partial charge in [-0.2, -0.15) is 0 Å². The van der Waals surface area contributed by atoms with Gasteiger partial charge in [0.2, 0.25) is 0 Å². The first-order valence-electron chi connectivity index (χ1n) is 14.9. The van der Waals surface area contributed by atoms with Gasteiger partial charge in [0.1, 0.15) is 5.75 Å². The average molecular weight is 587 g/mol. The summed E-state index contributed by atoms with van der Waals surface area (Å²) in [4.78, 5) is 16.1. The minimum Gasteiger partial charge on any atom is -0.423 e. The summed E-state index contributed by atoms with van der Waals surface area (Å²) in [6.45, 7) is 7.68. The molecule has 0 aliphatic heterocycles. The number of carbonyl (C=O) groups is 1. The molecule has 0 spiro atoms. The van der Waals surface area contributed by atoms with Crippen molar-refractivity contribution in [2.45, 2.75) is 13.8 Å². The van der Waals surface area contributed by atoms with Crippen LogP contribution in [0.2, 0.25) is 0 Å². The van der Waals surface area contributed by atoms with Crippen molar-refractivity contribution < 1.29 is 9.53 Å². The van der Waals surface area contributed by atoms with Crippen LogP contribution < -0.4 is 14.5 Å². The molecule has 220 valence electrons. The number of hydrogen-bond acceptors (Lipinski definition) is 4. The maximum Gasteiger partial charge on any atom is 0.335 e. The molecule has 0 radical (unpaired) electrons. The summed E-state index contributed by atoms with van der Waals surface area (Å²) in [6.07, 6.45) is 1.16. The van der Waals surface area contributed by atoms with Gasteiger partial charge in [-0.3, -0.25) is 0 Å². The van der Waals surface area contributed by atoms with Gasteiger partial charge in [0.25, 0.3) is 0 Å². The Hall–Kier alpha value is -5.87. The summed E-state index contributed by atoms with van der Waals surface area (Å²) in [5.41, 5.74) is 11.0. The Labute approximate surface area is 265 Å². The fourth-order valence-corrected chi connectivity index (χ4v) is 5.43. The van der Waals surface area contributed by atoms with E-state index >= 15 is 0 Å². The monoisotopic (exact) mass is 586 g/mol. The first-order chi connectivity index (χ1) is 22.0. The van der Waals surface area contributed by atoms with Gasteiger partial charge in [0.05, 0.1) is 0 Å². The zero-order valence-electron chi connectivity index (χ0n) is 25.4. The molecule has 4 nitrogen and oxygen atoms in total. The third-order valence-electron chi connectivity index (χ3n) is 7.60. The van der Waals surface area contributed by atoms with Crippen LogP contribution in [0.3, 0.4) is 0 Å². The second kappa shape index (κ2) is 13.2. The molecule has 0 aromatic heterocycles. The molecule has 0 aliphatic carbocycles. The van der Waals surface area contributed by atoms with Crippen LogP contribution in [-0.2, 0) is 4.79 Å². The number of aryl methyl sites for hydroxylation is 2. The second-order valence-electron chi connectivity index (χ2n) is 10.9. The predicted molar refractivity (Wildman–Crippen MR) is 187 cm³/mol. The van der Waals surface area contributed by atoms with E-state index in [4.69, 9.17) is 4.74 Å². The highest BCUT2D eigenvalue weighted by molar-refractivity contribution is 5.84. The Morgan fingerprint density at radius 3 is 1.33 bits per heavy atom. The summed E-state index contributed by atoms with van der Waals surface area (Å²) in [5.74, 6) is -0.00952. The van der Waals surface area contributed by atoms with E-state index in [1.807, 2.05) is 18.2 Å². The van der Waals surface area contributed by atoms with E-state index in [0.717, 1.165) is 51.3 Å². The molecule has 6 aromatic rings. The van der Waals surface area contributed by atoms with E-state index in [0.29, 0.717) is 5.75 Å². The molecule has 0 fully saturated rings. The smallest absolute Gasteiger partial charge is 0.335 e. The van der Waals surface area contributed by atoms with Crippen molar-refractivity contribution in [1.82, 2.24) is 0 Å². The Morgan fingerprint density at radius 2 is 0.911 bits per heavy atom. The van der Waals surface area contributed by atoms with Crippen molar-refractivity contribution in [3.63, 3.8) is 0 Å².